The molecule has 9 nitrogen and oxygen atoms in total. The number of nitro benzene ring substituents is 1. The molecule has 0 aliphatic rings. The number of hydrogen-bond acceptors (Lipinski definition) is 7. The minimum Gasteiger partial charge on any atom is -0.495 e. The van der Waals surface area contributed by atoms with Gasteiger partial charge in [-0.15, -0.1) is 16.8 Å². The summed E-state index contributed by atoms with van der Waals surface area (Å²) in [6, 6.07) is 11.0. The third-order valence-electron chi connectivity index (χ3n) is 4.13. The van der Waals surface area contributed by atoms with E-state index in [0.717, 1.165) is 0 Å². The van der Waals surface area contributed by atoms with E-state index in [1.807, 2.05) is 0 Å². The monoisotopic (exact) mass is 459 g/mol. The minimum atomic E-state index is -0.464. The zero-order valence-electron chi connectivity index (χ0n) is 16.4. The van der Waals surface area contributed by atoms with Gasteiger partial charge >= 0.3 is 0 Å². The standard InChI is InChI=1S/C20H18ClN5O4S/c1-3-10-25-19(13-4-7-15(8-5-13)26(28)29)23-24-20(25)31-12-18(27)22-14-6-9-17(30-2)16(21)11-14/h3-9,11H,1,10,12H2,2H3,(H,22,27). The summed E-state index contributed by atoms with van der Waals surface area (Å²) >= 11 is 7.29. The van der Waals surface area contributed by atoms with Gasteiger partial charge in [0.1, 0.15) is 5.75 Å². The fourth-order valence-corrected chi connectivity index (χ4v) is 3.71. The first-order chi connectivity index (χ1) is 14.9. The average Bonchev–Trinajstić information content (AvgIpc) is 3.15. The highest BCUT2D eigenvalue weighted by Crippen LogP contribution is 2.28. The largest absolute Gasteiger partial charge is 0.495 e. The second-order valence-electron chi connectivity index (χ2n) is 6.20. The lowest BCUT2D eigenvalue weighted by atomic mass is 10.2. The number of thioether (sulfide) groups is 1. The van der Waals surface area contributed by atoms with Crippen LogP contribution in [0.25, 0.3) is 11.4 Å². The molecule has 0 radical (unpaired) electrons. The number of anilines is 1. The van der Waals surface area contributed by atoms with Crippen LogP contribution < -0.4 is 10.1 Å². The van der Waals surface area contributed by atoms with Crippen LogP contribution in [-0.2, 0) is 11.3 Å². The number of aromatic nitrogens is 3. The molecule has 0 spiro atoms. The molecule has 0 bridgehead atoms. The van der Waals surface area contributed by atoms with E-state index >= 15 is 0 Å². The van der Waals surface area contributed by atoms with Crippen molar-refractivity contribution in [1.82, 2.24) is 14.8 Å². The first kappa shape index (κ1) is 22.3. The van der Waals surface area contributed by atoms with Crippen molar-refractivity contribution in [3.63, 3.8) is 0 Å². The predicted molar refractivity (Wildman–Crippen MR) is 120 cm³/mol. The van der Waals surface area contributed by atoms with Crippen LogP contribution >= 0.6 is 23.4 Å². The molecule has 0 saturated heterocycles. The SMILES string of the molecule is C=CCn1c(SCC(=O)Nc2ccc(OC)c(Cl)c2)nnc1-c1ccc([N+](=O)[O-])cc1. The molecule has 0 aliphatic carbocycles. The van der Waals surface area contributed by atoms with Crippen LogP contribution in [0.2, 0.25) is 5.02 Å². The number of benzene rings is 2. The number of hydrogen-bond donors (Lipinski definition) is 1. The van der Waals surface area contributed by atoms with Crippen molar-refractivity contribution in [3.05, 3.63) is 70.3 Å². The normalized spacial score (nSPS) is 10.5. The molecule has 160 valence electrons. The van der Waals surface area contributed by atoms with E-state index < -0.39 is 4.92 Å². The lowest BCUT2D eigenvalue weighted by molar-refractivity contribution is -0.384. The number of methoxy groups -OCH3 is 1. The van der Waals surface area contributed by atoms with Gasteiger partial charge < -0.3 is 10.1 Å². The van der Waals surface area contributed by atoms with Crippen molar-refractivity contribution in [3.8, 4) is 17.1 Å². The Morgan fingerprint density at radius 2 is 2.06 bits per heavy atom. The second-order valence-corrected chi connectivity index (χ2v) is 7.55. The quantitative estimate of drug-likeness (QED) is 0.218. The van der Waals surface area contributed by atoms with Gasteiger partial charge in [0.25, 0.3) is 5.69 Å². The molecule has 1 heterocycles. The fraction of sp³-hybridized carbons (Fsp3) is 0.150. The number of nitrogens with zero attached hydrogens (tertiary/aromatic N) is 4. The van der Waals surface area contributed by atoms with Crippen LogP contribution in [0.3, 0.4) is 0 Å². The van der Waals surface area contributed by atoms with E-state index in [-0.39, 0.29) is 17.3 Å². The highest BCUT2D eigenvalue weighted by molar-refractivity contribution is 7.99. The van der Waals surface area contributed by atoms with Gasteiger partial charge in [-0.2, -0.15) is 0 Å². The number of nitro groups is 1. The Bertz CT molecular complexity index is 1120. The topological polar surface area (TPSA) is 112 Å². The Balaban J connectivity index is 1.71. The van der Waals surface area contributed by atoms with Gasteiger partial charge in [0.05, 0.1) is 22.8 Å². The van der Waals surface area contributed by atoms with Crippen LogP contribution in [0.5, 0.6) is 5.75 Å². The molecule has 0 aliphatic heterocycles. The van der Waals surface area contributed by atoms with Gasteiger partial charge in [-0.25, -0.2) is 0 Å². The Hall–Kier alpha value is -3.37. The zero-order chi connectivity index (χ0) is 22.4. The van der Waals surface area contributed by atoms with E-state index in [1.165, 1.54) is 31.0 Å². The number of rotatable bonds is 9. The smallest absolute Gasteiger partial charge is 0.269 e. The maximum atomic E-state index is 12.4. The molecular weight excluding hydrogens is 442 g/mol. The third-order valence-corrected chi connectivity index (χ3v) is 5.39. The summed E-state index contributed by atoms with van der Waals surface area (Å²) in [6.45, 7) is 4.16. The Morgan fingerprint density at radius 3 is 2.68 bits per heavy atom. The van der Waals surface area contributed by atoms with E-state index in [9.17, 15) is 14.9 Å². The molecule has 3 aromatic rings. The number of amides is 1. The number of halogens is 1. The maximum absolute atomic E-state index is 12.4. The van der Waals surface area contributed by atoms with Crippen LogP contribution in [0.15, 0.2) is 60.3 Å². The van der Waals surface area contributed by atoms with Crippen LogP contribution in [0, 0.1) is 10.1 Å². The van der Waals surface area contributed by atoms with Gasteiger partial charge in [-0.3, -0.25) is 19.5 Å². The molecule has 1 aromatic heterocycles. The molecule has 11 heteroatoms. The number of allylic oxidation sites excluding steroid dienone is 1. The summed E-state index contributed by atoms with van der Waals surface area (Å²) < 4.78 is 6.88. The zero-order valence-corrected chi connectivity index (χ0v) is 18.0. The van der Waals surface area contributed by atoms with Crippen molar-refractivity contribution in [1.29, 1.82) is 0 Å². The maximum Gasteiger partial charge on any atom is 0.269 e. The van der Waals surface area contributed by atoms with Crippen LogP contribution in [0.4, 0.5) is 11.4 Å². The summed E-state index contributed by atoms with van der Waals surface area (Å²) in [5.41, 5.74) is 1.21. The average molecular weight is 460 g/mol. The molecule has 2 aromatic carbocycles. The lowest BCUT2D eigenvalue weighted by Gasteiger charge is -2.09. The molecule has 0 saturated carbocycles. The molecular formula is C20H18ClN5O4S. The Labute approximate surface area is 187 Å². The van der Waals surface area contributed by atoms with Crippen molar-refractivity contribution < 1.29 is 14.5 Å². The van der Waals surface area contributed by atoms with Crippen molar-refractivity contribution in [2.45, 2.75) is 11.7 Å². The van der Waals surface area contributed by atoms with E-state index in [1.54, 1.807) is 41.0 Å². The van der Waals surface area contributed by atoms with Crippen LogP contribution in [0.1, 0.15) is 0 Å². The molecule has 0 fully saturated rings. The summed E-state index contributed by atoms with van der Waals surface area (Å²) in [4.78, 5) is 22.7. The summed E-state index contributed by atoms with van der Waals surface area (Å²) in [5.74, 6) is 0.903. The molecule has 0 atom stereocenters. The second kappa shape index (κ2) is 10.1. The van der Waals surface area contributed by atoms with E-state index in [2.05, 4.69) is 22.1 Å². The Kier molecular flexibility index (Phi) is 7.27. The summed E-state index contributed by atoms with van der Waals surface area (Å²) in [7, 11) is 1.51. The molecule has 0 unspecified atom stereocenters. The summed E-state index contributed by atoms with van der Waals surface area (Å²) in [6.07, 6.45) is 1.68. The van der Waals surface area contributed by atoms with Crippen molar-refractivity contribution >= 4 is 40.6 Å². The Morgan fingerprint density at radius 1 is 1.32 bits per heavy atom. The van der Waals surface area contributed by atoms with Crippen molar-refractivity contribution in [2.24, 2.45) is 0 Å². The lowest BCUT2D eigenvalue weighted by Crippen LogP contribution is -2.14. The molecule has 31 heavy (non-hydrogen) atoms. The highest BCUT2D eigenvalue weighted by Gasteiger charge is 2.16. The van der Waals surface area contributed by atoms with Crippen LogP contribution in [-0.4, -0.2) is 38.5 Å². The molecule has 1 N–H and O–H groups in total. The third kappa shape index (κ3) is 5.41. The number of non-ortho nitro benzene ring substituents is 1. The fourth-order valence-electron chi connectivity index (χ4n) is 2.71. The predicted octanol–water partition coefficient (Wildman–Crippen LogP) is 4.43. The minimum absolute atomic E-state index is 0.0107. The number of carbonyl (C=O) groups is 1. The van der Waals surface area contributed by atoms with Gasteiger partial charge in [0.15, 0.2) is 11.0 Å². The molecule has 3 rings (SSSR count). The molecule has 1 amide bonds. The van der Waals surface area contributed by atoms with Gasteiger partial charge in [-0.1, -0.05) is 29.4 Å². The van der Waals surface area contributed by atoms with E-state index in [0.29, 0.717) is 39.5 Å². The first-order valence-electron chi connectivity index (χ1n) is 8.98. The van der Waals surface area contributed by atoms with Gasteiger partial charge in [0, 0.05) is 29.9 Å². The van der Waals surface area contributed by atoms with Crippen molar-refractivity contribution in [2.75, 3.05) is 18.2 Å². The number of nitrogens with one attached hydrogen (secondary N) is 1. The van der Waals surface area contributed by atoms with E-state index in [4.69, 9.17) is 16.3 Å². The highest BCUT2D eigenvalue weighted by atomic mass is 35.5. The van der Waals surface area contributed by atoms with Gasteiger partial charge in [-0.05, 0) is 30.3 Å². The summed E-state index contributed by atoms with van der Waals surface area (Å²) in [5, 5.41) is 22.9. The first-order valence-corrected chi connectivity index (χ1v) is 10.3. The number of carbonyl (C=O) groups excluding carboxylic acids is 1. The number of ether oxygens (including phenoxy) is 1. The van der Waals surface area contributed by atoms with Gasteiger partial charge in [0.2, 0.25) is 5.91 Å².